The third-order valence-electron chi connectivity index (χ3n) is 2.97. The van der Waals surface area contributed by atoms with E-state index in [1.165, 1.54) is 0 Å². The van der Waals surface area contributed by atoms with E-state index in [2.05, 4.69) is 0 Å². The quantitative estimate of drug-likeness (QED) is 0.830. The molecule has 18 heavy (non-hydrogen) atoms. The van der Waals surface area contributed by atoms with Crippen molar-refractivity contribution in [3.8, 4) is 0 Å². The van der Waals surface area contributed by atoms with Gasteiger partial charge in [0.05, 0.1) is 5.56 Å². The molecule has 0 radical (unpaired) electrons. The number of fused-ring (bicyclic) bond motifs is 1. The van der Waals surface area contributed by atoms with Crippen molar-refractivity contribution >= 4 is 5.69 Å². The molecule has 0 aromatic heterocycles. The Kier molecular flexibility index (Phi) is 3.23. The molecule has 2 N–H and O–H groups in total. The van der Waals surface area contributed by atoms with Crippen LogP contribution in [0.3, 0.4) is 0 Å². The van der Waals surface area contributed by atoms with Gasteiger partial charge in [-0.3, -0.25) is 0 Å². The summed E-state index contributed by atoms with van der Waals surface area (Å²) in [5, 5.41) is 0. The van der Waals surface area contributed by atoms with E-state index in [9.17, 15) is 17.6 Å². The molecule has 2 nitrogen and oxygen atoms in total. The lowest BCUT2D eigenvalue weighted by Gasteiger charge is -2.22. The van der Waals surface area contributed by atoms with Crippen LogP contribution in [0.4, 0.5) is 23.2 Å². The zero-order valence-electron chi connectivity index (χ0n) is 9.89. The molecule has 2 rings (SSSR count). The first-order valence-electron chi connectivity index (χ1n) is 5.69. The van der Waals surface area contributed by atoms with Gasteiger partial charge in [0.2, 0.25) is 0 Å². The summed E-state index contributed by atoms with van der Waals surface area (Å²) in [6.45, 7) is 2.83. The van der Waals surface area contributed by atoms with Crippen LogP contribution >= 0.6 is 0 Å². The molecule has 1 aliphatic heterocycles. The molecule has 0 bridgehead atoms. The Bertz CT molecular complexity index is 454. The van der Waals surface area contributed by atoms with Gasteiger partial charge in [0.25, 0.3) is 0 Å². The largest absolute Gasteiger partial charge is 0.419 e. The summed E-state index contributed by atoms with van der Waals surface area (Å²) in [7, 11) is 0. The predicted molar refractivity (Wildman–Crippen MR) is 61.0 cm³/mol. The van der Waals surface area contributed by atoms with Gasteiger partial charge in [-0.2, -0.15) is 13.2 Å². The fraction of sp³-hybridized carbons (Fsp3) is 0.500. The van der Waals surface area contributed by atoms with Crippen LogP contribution in [-0.2, 0) is 12.6 Å². The first-order valence-corrected chi connectivity index (χ1v) is 5.69. The van der Waals surface area contributed by atoms with Gasteiger partial charge in [-0.05, 0) is 31.0 Å². The molecule has 1 aromatic carbocycles. The number of hydrogen-bond donors (Lipinski definition) is 1. The SMILES string of the molecule is C[C@H](N)CN1CCc2cc(F)c(C(F)(F)F)cc21. The Morgan fingerprint density at radius 2 is 2.06 bits per heavy atom. The molecule has 100 valence electrons. The van der Waals surface area contributed by atoms with Crippen LogP contribution in [-0.4, -0.2) is 19.1 Å². The number of alkyl halides is 3. The normalized spacial score (nSPS) is 16.9. The Morgan fingerprint density at radius 1 is 1.39 bits per heavy atom. The monoisotopic (exact) mass is 262 g/mol. The molecular weight excluding hydrogens is 248 g/mol. The minimum Gasteiger partial charge on any atom is -0.369 e. The number of anilines is 1. The fourth-order valence-corrected chi connectivity index (χ4v) is 2.23. The Hall–Kier alpha value is -1.30. The van der Waals surface area contributed by atoms with Gasteiger partial charge in [0, 0.05) is 24.8 Å². The zero-order valence-corrected chi connectivity index (χ0v) is 9.89. The number of nitrogens with two attached hydrogens (primary N) is 1. The summed E-state index contributed by atoms with van der Waals surface area (Å²) in [6.07, 6.45) is -4.11. The smallest absolute Gasteiger partial charge is 0.369 e. The van der Waals surface area contributed by atoms with E-state index >= 15 is 0 Å². The molecule has 0 amide bonds. The zero-order chi connectivity index (χ0) is 13.5. The van der Waals surface area contributed by atoms with Gasteiger partial charge >= 0.3 is 6.18 Å². The first kappa shape index (κ1) is 13.1. The van der Waals surface area contributed by atoms with E-state index in [-0.39, 0.29) is 6.04 Å². The minimum absolute atomic E-state index is 0.143. The second kappa shape index (κ2) is 4.42. The fourth-order valence-electron chi connectivity index (χ4n) is 2.23. The van der Waals surface area contributed by atoms with Crippen LogP contribution in [0.5, 0.6) is 0 Å². The summed E-state index contributed by atoms with van der Waals surface area (Å²) in [5.74, 6) is -1.20. The third-order valence-corrected chi connectivity index (χ3v) is 2.97. The average molecular weight is 262 g/mol. The highest BCUT2D eigenvalue weighted by Crippen LogP contribution is 2.38. The Labute approximate surface area is 102 Å². The van der Waals surface area contributed by atoms with Crippen molar-refractivity contribution in [3.63, 3.8) is 0 Å². The summed E-state index contributed by atoms with van der Waals surface area (Å²) < 4.78 is 51.2. The summed E-state index contributed by atoms with van der Waals surface area (Å²) in [4.78, 5) is 1.77. The molecule has 0 saturated heterocycles. The first-order chi connectivity index (χ1) is 8.29. The molecule has 0 spiro atoms. The molecule has 1 atom stereocenters. The van der Waals surface area contributed by atoms with Gasteiger partial charge in [0.15, 0.2) is 0 Å². The predicted octanol–water partition coefficient (Wildman–Crippen LogP) is 2.55. The Morgan fingerprint density at radius 3 is 2.61 bits per heavy atom. The second-order valence-electron chi connectivity index (χ2n) is 4.63. The molecule has 0 saturated carbocycles. The highest BCUT2D eigenvalue weighted by Gasteiger charge is 2.36. The van der Waals surface area contributed by atoms with Crippen LogP contribution < -0.4 is 10.6 Å². The van der Waals surface area contributed by atoms with Gasteiger partial charge < -0.3 is 10.6 Å². The van der Waals surface area contributed by atoms with Crippen molar-refractivity contribution in [3.05, 3.63) is 29.1 Å². The minimum atomic E-state index is -4.66. The van der Waals surface area contributed by atoms with Crippen molar-refractivity contribution in [1.29, 1.82) is 0 Å². The number of hydrogen-bond acceptors (Lipinski definition) is 2. The van der Waals surface area contributed by atoms with E-state index in [1.807, 2.05) is 0 Å². The lowest BCUT2D eigenvalue weighted by atomic mass is 10.1. The van der Waals surface area contributed by atoms with E-state index in [1.54, 1.807) is 11.8 Å². The number of rotatable bonds is 2. The maximum Gasteiger partial charge on any atom is 0.419 e. The van der Waals surface area contributed by atoms with Crippen molar-refractivity contribution in [2.75, 3.05) is 18.0 Å². The lowest BCUT2D eigenvalue weighted by Crippen LogP contribution is -2.34. The molecule has 1 aromatic rings. The van der Waals surface area contributed by atoms with Crippen molar-refractivity contribution in [2.45, 2.75) is 25.6 Å². The Balaban J connectivity index is 2.40. The number of halogens is 4. The number of benzene rings is 1. The maximum atomic E-state index is 13.4. The lowest BCUT2D eigenvalue weighted by molar-refractivity contribution is -0.139. The molecule has 0 unspecified atom stereocenters. The van der Waals surface area contributed by atoms with E-state index < -0.39 is 17.6 Å². The topological polar surface area (TPSA) is 29.3 Å². The summed E-state index contributed by atoms with van der Waals surface area (Å²) >= 11 is 0. The molecule has 1 aliphatic rings. The molecule has 6 heteroatoms. The van der Waals surface area contributed by atoms with Crippen LogP contribution in [0, 0.1) is 5.82 Å². The van der Waals surface area contributed by atoms with Crippen LogP contribution in [0.15, 0.2) is 12.1 Å². The standard InChI is InChI=1S/C12H14F4N2/c1-7(17)6-18-3-2-8-4-10(13)9(5-11(8)18)12(14,15)16/h4-5,7H,2-3,6,17H2,1H3/t7-/m0/s1. The highest BCUT2D eigenvalue weighted by atomic mass is 19.4. The molecular formula is C12H14F4N2. The van der Waals surface area contributed by atoms with Crippen molar-refractivity contribution in [2.24, 2.45) is 5.73 Å². The van der Waals surface area contributed by atoms with Gasteiger partial charge in [-0.25, -0.2) is 4.39 Å². The van der Waals surface area contributed by atoms with Crippen LogP contribution in [0.2, 0.25) is 0 Å². The second-order valence-corrected chi connectivity index (χ2v) is 4.63. The molecule has 0 fully saturated rings. The molecule has 1 heterocycles. The van der Waals surface area contributed by atoms with Gasteiger partial charge in [0.1, 0.15) is 5.82 Å². The van der Waals surface area contributed by atoms with Crippen molar-refractivity contribution in [1.82, 2.24) is 0 Å². The third kappa shape index (κ3) is 2.43. The van der Waals surface area contributed by atoms with Crippen molar-refractivity contribution < 1.29 is 17.6 Å². The van der Waals surface area contributed by atoms with E-state index in [4.69, 9.17) is 5.73 Å². The van der Waals surface area contributed by atoms with E-state index in [0.29, 0.717) is 30.8 Å². The number of nitrogens with zero attached hydrogens (tertiary/aromatic N) is 1. The molecule has 0 aliphatic carbocycles. The average Bonchev–Trinajstić information content (AvgIpc) is 2.57. The van der Waals surface area contributed by atoms with Gasteiger partial charge in [-0.15, -0.1) is 0 Å². The van der Waals surface area contributed by atoms with Gasteiger partial charge in [-0.1, -0.05) is 0 Å². The summed E-state index contributed by atoms with van der Waals surface area (Å²) in [6, 6.07) is 1.73. The summed E-state index contributed by atoms with van der Waals surface area (Å²) in [5.41, 5.74) is 5.49. The van der Waals surface area contributed by atoms with Crippen LogP contribution in [0.25, 0.3) is 0 Å². The van der Waals surface area contributed by atoms with E-state index in [0.717, 1.165) is 12.1 Å². The highest BCUT2D eigenvalue weighted by molar-refractivity contribution is 5.60. The van der Waals surface area contributed by atoms with Crippen LogP contribution in [0.1, 0.15) is 18.1 Å². The maximum absolute atomic E-state index is 13.4.